The maximum absolute atomic E-state index is 10.6. The van der Waals surface area contributed by atoms with E-state index < -0.39 is 5.97 Å². The molecule has 0 spiro atoms. The van der Waals surface area contributed by atoms with Crippen molar-refractivity contribution in [3.8, 4) is 0 Å². The van der Waals surface area contributed by atoms with E-state index in [1.165, 1.54) is 0 Å². The molecular weight excluding hydrogens is 230 g/mol. The van der Waals surface area contributed by atoms with Crippen LogP contribution in [0.2, 0.25) is 5.15 Å². The Balaban J connectivity index is 2.13. The Bertz CT molecular complexity index is 385. The number of aliphatic carboxylic acids is 1. The van der Waals surface area contributed by atoms with Crippen LogP contribution < -0.4 is 5.32 Å². The monoisotopic (exact) mass is 243 g/mol. The highest BCUT2D eigenvalue weighted by Gasteiger charge is 2.19. The van der Waals surface area contributed by atoms with E-state index in [2.05, 4.69) is 10.4 Å². The quantitative estimate of drug-likeness (QED) is 0.834. The lowest BCUT2D eigenvalue weighted by atomic mass is 10.1. The molecule has 6 heteroatoms. The van der Waals surface area contributed by atoms with E-state index in [4.69, 9.17) is 16.7 Å². The van der Waals surface area contributed by atoms with Crippen LogP contribution in [-0.2, 0) is 11.2 Å². The molecule has 2 heterocycles. The van der Waals surface area contributed by atoms with E-state index in [1.54, 1.807) is 10.7 Å². The largest absolute Gasteiger partial charge is 0.481 e. The molecule has 88 valence electrons. The number of carboxylic acids is 1. The van der Waals surface area contributed by atoms with E-state index in [9.17, 15) is 4.79 Å². The normalized spacial score (nSPS) is 20.9. The predicted molar refractivity (Wildman–Crippen MR) is 59.7 cm³/mol. The van der Waals surface area contributed by atoms with Gasteiger partial charge in [0.2, 0.25) is 0 Å². The standard InChI is InChI=1S/C10H14ClN3O2/c11-9-4-7(5-10(15)16)13-14(9)8-2-1-3-12-6-8/h4,8,12H,1-3,5-6H2,(H,15,16). The molecule has 1 unspecified atom stereocenters. The van der Waals surface area contributed by atoms with Crippen molar-refractivity contribution in [3.63, 3.8) is 0 Å². The van der Waals surface area contributed by atoms with Gasteiger partial charge in [-0.25, -0.2) is 4.68 Å². The molecule has 0 aromatic carbocycles. The average molecular weight is 244 g/mol. The Morgan fingerprint density at radius 1 is 1.75 bits per heavy atom. The first-order chi connectivity index (χ1) is 7.66. The van der Waals surface area contributed by atoms with Crippen molar-refractivity contribution in [2.75, 3.05) is 13.1 Å². The van der Waals surface area contributed by atoms with Crippen LogP contribution in [0.3, 0.4) is 0 Å². The van der Waals surface area contributed by atoms with Crippen molar-refractivity contribution in [3.05, 3.63) is 16.9 Å². The van der Waals surface area contributed by atoms with E-state index in [-0.39, 0.29) is 12.5 Å². The second kappa shape index (κ2) is 4.84. The number of carbonyl (C=O) groups is 1. The predicted octanol–water partition coefficient (Wildman–Crippen LogP) is 1.09. The first-order valence-electron chi connectivity index (χ1n) is 5.33. The summed E-state index contributed by atoms with van der Waals surface area (Å²) in [7, 11) is 0. The lowest BCUT2D eigenvalue weighted by Crippen LogP contribution is -2.32. The van der Waals surface area contributed by atoms with Gasteiger partial charge in [-0.3, -0.25) is 4.79 Å². The minimum atomic E-state index is -0.886. The van der Waals surface area contributed by atoms with Crippen LogP contribution in [-0.4, -0.2) is 33.9 Å². The van der Waals surface area contributed by atoms with Crippen molar-refractivity contribution in [1.29, 1.82) is 0 Å². The van der Waals surface area contributed by atoms with Gasteiger partial charge < -0.3 is 10.4 Å². The number of rotatable bonds is 3. The minimum absolute atomic E-state index is 0.0765. The number of halogens is 1. The van der Waals surface area contributed by atoms with Gasteiger partial charge in [-0.2, -0.15) is 5.10 Å². The summed E-state index contributed by atoms with van der Waals surface area (Å²) in [4.78, 5) is 10.6. The highest BCUT2D eigenvalue weighted by atomic mass is 35.5. The van der Waals surface area contributed by atoms with Gasteiger partial charge in [-0.15, -0.1) is 0 Å². The van der Waals surface area contributed by atoms with Gasteiger partial charge in [-0.05, 0) is 25.5 Å². The van der Waals surface area contributed by atoms with Crippen LogP contribution in [0.25, 0.3) is 0 Å². The first-order valence-corrected chi connectivity index (χ1v) is 5.71. The molecule has 0 bridgehead atoms. The van der Waals surface area contributed by atoms with Crippen molar-refractivity contribution in [1.82, 2.24) is 15.1 Å². The molecule has 2 N–H and O–H groups in total. The zero-order valence-electron chi connectivity index (χ0n) is 8.82. The molecule has 1 aliphatic heterocycles. The van der Waals surface area contributed by atoms with Crippen LogP contribution in [0.15, 0.2) is 6.07 Å². The number of aromatic nitrogens is 2. The summed E-state index contributed by atoms with van der Waals surface area (Å²) in [6.07, 6.45) is 2.04. The minimum Gasteiger partial charge on any atom is -0.481 e. The van der Waals surface area contributed by atoms with Gasteiger partial charge in [-0.1, -0.05) is 11.6 Å². The Morgan fingerprint density at radius 2 is 2.56 bits per heavy atom. The van der Waals surface area contributed by atoms with E-state index >= 15 is 0 Å². The first kappa shape index (κ1) is 11.4. The number of piperidine rings is 1. The van der Waals surface area contributed by atoms with E-state index in [1.807, 2.05) is 0 Å². The highest BCUT2D eigenvalue weighted by molar-refractivity contribution is 6.29. The fourth-order valence-electron chi connectivity index (χ4n) is 1.96. The van der Waals surface area contributed by atoms with Gasteiger partial charge in [0.15, 0.2) is 0 Å². The van der Waals surface area contributed by atoms with Crippen LogP contribution in [0.4, 0.5) is 0 Å². The third-order valence-electron chi connectivity index (χ3n) is 2.69. The molecule has 1 aliphatic rings. The van der Waals surface area contributed by atoms with Crippen LogP contribution in [0.5, 0.6) is 0 Å². The molecule has 1 aromatic heterocycles. The van der Waals surface area contributed by atoms with Crippen LogP contribution >= 0.6 is 11.6 Å². The highest BCUT2D eigenvalue weighted by Crippen LogP contribution is 2.22. The molecule has 0 amide bonds. The fourth-order valence-corrected chi connectivity index (χ4v) is 2.26. The second-order valence-corrected chi connectivity index (χ2v) is 4.36. The van der Waals surface area contributed by atoms with Crippen molar-refractivity contribution < 1.29 is 9.90 Å². The Hall–Kier alpha value is -1.07. The Morgan fingerprint density at radius 3 is 3.19 bits per heavy atom. The summed E-state index contributed by atoms with van der Waals surface area (Å²) in [5, 5.41) is 16.7. The van der Waals surface area contributed by atoms with Crippen molar-refractivity contribution in [2.45, 2.75) is 25.3 Å². The smallest absolute Gasteiger partial charge is 0.309 e. The van der Waals surface area contributed by atoms with Gasteiger partial charge in [0.05, 0.1) is 18.2 Å². The zero-order valence-corrected chi connectivity index (χ0v) is 9.57. The summed E-state index contributed by atoms with van der Waals surface area (Å²) in [5.41, 5.74) is 0.517. The number of nitrogens with one attached hydrogen (secondary N) is 1. The topological polar surface area (TPSA) is 67.2 Å². The summed E-state index contributed by atoms with van der Waals surface area (Å²) in [6.45, 7) is 1.87. The second-order valence-electron chi connectivity index (χ2n) is 3.97. The van der Waals surface area contributed by atoms with Crippen molar-refractivity contribution >= 4 is 17.6 Å². The van der Waals surface area contributed by atoms with E-state index in [0.29, 0.717) is 10.8 Å². The molecular formula is C10H14ClN3O2. The lowest BCUT2D eigenvalue weighted by molar-refractivity contribution is -0.136. The SMILES string of the molecule is O=C(O)Cc1cc(Cl)n(C2CCCNC2)n1. The fraction of sp³-hybridized carbons (Fsp3) is 0.600. The molecule has 1 fully saturated rings. The maximum Gasteiger partial charge on any atom is 0.309 e. The van der Waals surface area contributed by atoms with Gasteiger partial charge in [0, 0.05) is 6.54 Å². The maximum atomic E-state index is 10.6. The zero-order chi connectivity index (χ0) is 11.5. The Labute approximate surface area is 98.4 Å². The summed E-state index contributed by atoms with van der Waals surface area (Å²) in [5.74, 6) is -0.886. The molecule has 2 rings (SSSR count). The molecule has 0 radical (unpaired) electrons. The third-order valence-corrected chi connectivity index (χ3v) is 2.97. The summed E-state index contributed by atoms with van der Waals surface area (Å²) in [6, 6.07) is 1.87. The van der Waals surface area contributed by atoms with Gasteiger partial charge >= 0.3 is 5.97 Å². The van der Waals surface area contributed by atoms with E-state index in [0.717, 1.165) is 25.9 Å². The number of nitrogens with zero attached hydrogens (tertiary/aromatic N) is 2. The molecule has 0 saturated carbocycles. The van der Waals surface area contributed by atoms with Crippen LogP contribution in [0, 0.1) is 0 Å². The molecule has 1 saturated heterocycles. The van der Waals surface area contributed by atoms with Crippen molar-refractivity contribution in [2.24, 2.45) is 0 Å². The number of hydrogen-bond acceptors (Lipinski definition) is 3. The van der Waals surface area contributed by atoms with Gasteiger partial charge in [0.1, 0.15) is 5.15 Å². The molecule has 16 heavy (non-hydrogen) atoms. The summed E-state index contributed by atoms with van der Waals surface area (Å²) < 4.78 is 1.73. The number of carboxylic acid groups (broad SMARTS) is 1. The number of hydrogen-bond donors (Lipinski definition) is 2. The summed E-state index contributed by atoms with van der Waals surface area (Å²) >= 11 is 6.04. The molecule has 0 aliphatic carbocycles. The Kier molecular flexibility index (Phi) is 3.46. The molecule has 5 nitrogen and oxygen atoms in total. The lowest BCUT2D eigenvalue weighted by Gasteiger charge is -2.23. The van der Waals surface area contributed by atoms with Gasteiger partial charge in [0.25, 0.3) is 0 Å². The molecule has 1 aromatic rings. The average Bonchev–Trinajstić information content (AvgIpc) is 2.60. The third kappa shape index (κ3) is 2.54. The molecule has 1 atom stereocenters. The van der Waals surface area contributed by atoms with Crippen LogP contribution in [0.1, 0.15) is 24.6 Å².